The SMILES string of the molecule is CC1CC2CCOC2C1. The lowest BCUT2D eigenvalue weighted by Gasteiger charge is -2.04. The van der Waals surface area contributed by atoms with Crippen LogP contribution in [-0.4, -0.2) is 12.7 Å². The lowest BCUT2D eigenvalue weighted by Crippen LogP contribution is -2.06. The van der Waals surface area contributed by atoms with Gasteiger partial charge in [0.2, 0.25) is 0 Å². The molecule has 2 aliphatic rings. The first-order chi connectivity index (χ1) is 4.36. The molecule has 0 radical (unpaired) electrons. The average molecular weight is 126 g/mol. The highest BCUT2D eigenvalue weighted by atomic mass is 16.5. The van der Waals surface area contributed by atoms with E-state index in [0.29, 0.717) is 6.10 Å². The van der Waals surface area contributed by atoms with Crippen LogP contribution in [-0.2, 0) is 4.74 Å². The predicted octanol–water partition coefficient (Wildman–Crippen LogP) is 1.82. The fraction of sp³-hybridized carbons (Fsp3) is 1.00. The van der Waals surface area contributed by atoms with Gasteiger partial charge in [-0.15, -0.1) is 0 Å². The maximum atomic E-state index is 5.55. The van der Waals surface area contributed by atoms with Crippen molar-refractivity contribution >= 4 is 0 Å². The van der Waals surface area contributed by atoms with Crippen molar-refractivity contribution in [1.82, 2.24) is 0 Å². The maximum absolute atomic E-state index is 5.55. The Bertz CT molecular complexity index is 99.1. The first-order valence-corrected chi connectivity index (χ1v) is 3.98. The van der Waals surface area contributed by atoms with Crippen molar-refractivity contribution in [3.05, 3.63) is 0 Å². The van der Waals surface area contributed by atoms with E-state index in [0.717, 1.165) is 18.4 Å². The van der Waals surface area contributed by atoms with E-state index < -0.39 is 0 Å². The summed E-state index contributed by atoms with van der Waals surface area (Å²) >= 11 is 0. The minimum Gasteiger partial charge on any atom is -0.378 e. The fourth-order valence-electron chi connectivity index (χ4n) is 2.23. The lowest BCUT2D eigenvalue weighted by molar-refractivity contribution is 0.0992. The first kappa shape index (κ1) is 5.72. The molecule has 0 spiro atoms. The fourth-order valence-corrected chi connectivity index (χ4v) is 2.23. The molecule has 1 heterocycles. The van der Waals surface area contributed by atoms with Gasteiger partial charge in [-0.3, -0.25) is 0 Å². The Hall–Kier alpha value is -0.0400. The quantitative estimate of drug-likeness (QED) is 0.481. The number of rotatable bonds is 0. The van der Waals surface area contributed by atoms with Crippen LogP contribution in [0.5, 0.6) is 0 Å². The third-order valence-electron chi connectivity index (χ3n) is 2.69. The molecule has 1 aliphatic heterocycles. The van der Waals surface area contributed by atoms with Crippen molar-refractivity contribution < 1.29 is 4.74 Å². The Balaban J connectivity index is 2.02. The summed E-state index contributed by atoms with van der Waals surface area (Å²) in [5.74, 6) is 1.86. The topological polar surface area (TPSA) is 9.23 Å². The predicted molar refractivity (Wildman–Crippen MR) is 36.2 cm³/mol. The molecule has 0 aromatic carbocycles. The number of hydrogen-bond acceptors (Lipinski definition) is 1. The van der Waals surface area contributed by atoms with Gasteiger partial charge in [0.15, 0.2) is 0 Å². The van der Waals surface area contributed by atoms with E-state index in [4.69, 9.17) is 4.74 Å². The second kappa shape index (κ2) is 1.98. The minimum atomic E-state index is 0.653. The van der Waals surface area contributed by atoms with Crippen molar-refractivity contribution in [2.45, 2.75) is 32.3 Å². The van der Waals surface area contributed by atoms with E-state index in [2.05, 4.69) is 6.92 Å². The molecular weight excluding hydrogens is 112 g/mol. The zero-order chi connectivity index (χ0) is 6.27. The number of hydrogen-bond donors (Lipinski definition) is 0. The second-order valence-electron chi connectivity index (χ2n) is 3.53. The van der Waals surface area contributed by atoms with Gasteiger partial charge in [0.05, 0.1) is 6.10 Å². The summed E-state index contributed by atoms with van der Waals surface area (Å²) in [6.07, 6.45) is 4.73. The van der Waals surface area contributed by atoms with Crippen molar-refractivity contribution in [1.29, 1.82) is 0 Å². The molecule has 0 bridgehead atoms. The van der Waals surface area contributed by atoms with Crippen LogP contribution in [0.4, 0.5) is 0 Å². The summed E-state index contributed by atoms with van der Waals surface area (Å²) in [6.45, 7) is 3.36. The monoisotopic (exact) mass is 126 g/mol. The molecule has 0 aromatic rings. The molecule has 2 fully saturated rings. The summed E-state index contributed by atoms with van der Waals surface area (Å²) < 4.78 is 5.55. The Morgan fingerprint density at radius 1 is 1.33 bits per heavy atom. The van der Waals surface area contributed by atoms with Crippen LogP contribution in [0.2, 0.25) is 0 Å². The van der Waals surface area contributed by atoms with Crippen LogP contribution in [0.1, 0.15) is 26.2 Å². The molecule has 0 amide bonds. The van der Waals surface area contributed by atoms with Crippen LogP contribution in [0.25, 0.3) is 0 Å². The normalized spacial score (nSPS) is 49.7. The smallest absolute Gasteiger partial charge is 0.0606 e. The van der Waals surface area contributed by atoms with Gasteiger partial charge in [-0.05, 0) is 31.1 Å². The van der Waals surface area contributed by atoms with E-state index in [1.165, 1.54) is 19.3 Å². The van der Waals surface area contributed by atoms with E-state index in [1.807, 2.05) is 0 Å². The first-order valence-electron chi connectivity index (χ1n) is 3.98. The summed E-state index contributed by atoms with van der Waals surface area (Å²) in [6, 6.07) is 0. The van der Waals surface area contributed by atoms with Gasteiger partial charge in [0.1, 0.15) is 0 Å². The Labute approximate surface area is 56.4 Å². The summed E-state index contributed by atoms with van der Waals surface area (Å²) in [5.41, 5.74) is 0. The van der Waals surface area contributed by atoms with Gasteiger partial charge in [0, 0.05) is 6.61 Å². The highest BCUT2D eigenvalue weighted by Crippen LogP contribution is 2.38. The molecule has 3 unspecified atom stereocenters. The molecule has 0 aromatic heterocycles. The molecule has 2 rings (SSSR count). The van der Waals surface area contributed by atoms with Gasteiger partial charge in [-0.1, -0.05) is 6.92 Å². The van der Waals surface area contributed by atoms with Crippen LogP contribution in [0.15, 0.2) is 0 Å². The standard InChI is InChI=1S/C8H14O/c1-6-4-7-2-3-9-8(7)5-6/h6-8H,2-5H2,1H3. The molecular formula is C8H14O. The summed E-state index contributed by atoms with van der Waals surface area (Å²) in [4.78, 5) is 0. The number of fused-ring (bicyclic) bond motifs is 1. The Morgan fingerprint density at radius 3 is 3.00 bits per heavy atom. The minimum absolute atomic E-state index is 0.653. The molecule has 3 atom stereocenters. The molecule has 9 heavy (non-hydrogen) atoms. The van der Waals surface area contributed by atoms with Crippen LogP contribution in [0, 0.1) is 11.8 Å². The van der Waals surface area contributed by atoms with E-state index in [9.17, 15) is 0 Å². The van der Waals surface area contributed by atoms with Gasteiger partial charge in [-0.25, -0.2) is 0 Å². The molecule has 52 valence electrons. The third kappa shape index (κ3) is 0.877. The van der Waals surface area contributed by atoms with E-state index >= 15 is 0 Å². The average Bonchev–Trinajstić information content (AvgIpc) is 2.22. The molecule has 0 N–H and O–H groups in total. The molecule has 1 saturated heterocycles. The Kier molecular flexibility index (Phi) is 1.26. The van der Waals surface area contributed by atoms with Crippen LogP contribution < -0.4 is 0 Å². The zero-order valence-corrected chi connectivity index (χ0v) is 5.97. The molecule has 1 heteroatoms. The van der Waals surface area contributed by atoms with Crippen molar-refractivity contribution in [2.75, 3.05) is 6.61 Å². The van der Waals surface area contributed by atoms with Gasteiger partial charge >= 0.3 is 0 Å². The maximum Gasteiger partial charge on any atom is 0.0606 e. The third-order valence-corrected chi connectivity index (χ3v) is 2.69. The van der Waals surface area contributed by atoms with E-state index in [-0.39, 0.29) is 0 Å². The van der Waals surface area contributed by atoms with Crippen molar-refractivity contribution in [2.24, 2.45) is 11.8 Å². The van der Waals surface area contributed by atoms with Crippen LogP contribution >= 0.6 is 0 Å². The highest BCUT2D eigenvalue weighted by Gasteiger charge is 2.36. The zero-order valence-electron chi connectivity index (χ0n) is 5.97. The van der Waals surface area contributed by atoms with Gasteiger partial charge in [0.25, 0.3) is 0 Å². The summed E-state index contributed by atoms with van der Waals surface area (Å²) in [7, 11) is 0. The second-order valence-corrected chi connectivity index (χ2v) is 3.53. The molecule has 1 nitrogen and oxygen atoms in total. The van der Waals surface area contributed by atoms with Crippen molar-refractivity contribution in [3.8, 4) is 0 Å². The van der Waals surface area contributed by atoms with Crippen molar-refractivity contribution in [3.63, 3.8) is 0 Å². The Morgan fingerprint density at radius 2 is 2.22 bits per heavy atom. The summed E-state index contributed by atoms with van der Waals surface area (Å²) in [5, 5.41) is 0. The molecule has 1 aliphatic carbocycles. The molecule has 1 saturated carbocycles. The number of ether oxygens (including phenoxy) is 1. The van der Waals surface area contributed by atoms with E-state index in [1.54, 1.807) is 0 Å². The largest absolute Gasteiger partial charge is 0.378 e. The van der Waals surface area contributed by atoms with Crippen LogP contribution in [0.3, 0.4) is 0 Å². The van der Waals surface area contributed by atoms with Gasteiger partial charge < -0.3 is 4.74 Å². The van der Waals surface area contributed by atoms with Gasteiger partial charge in [-0.2, -0.15) is 0 Å². The highest BCUT2D eigenvalue weighted by molar-refractivity contribution is 4.85. The lowest BCUT2D eigenvalue weighted by atomic mass is 10.0.